The smallest absolute Gasteiger partial charge is 0.261 e. The molecular formula is C16H20ClN3O2S. The summed E-state index contributed by atoms with van der Waals surface area (Å²) in [6, 6.07) is 8.03. The Morgan fingerprint density at radius 1 is 1.22 bits per heavy atom. The predicted octanol–water partition coefficient (Wildman–Crippen LogP) is 4.06. The Bertz CT molecular complexity index is 761. The second-order valence-electron chi connectivity index (χ2n) is 5.23. The average Bonchev–Trinajstić information content (AvgIpc) is 2.51. The minimum Gasteiger partial charge on any atom is -0.370 e. The molecule has 23 heavy (non-hydrogen) atoms. The van der Waals surface area contributed by atoms with E-state index in [2.05, 4.69) is 21.9 Å². The number of pyridine rings is 1. The van der Waals surface area contributed by atoms with Crippen molar-refractivity contribution in [3.63, 3.8) is 0 Å². The molecule has 0 saturated heterocycles. The van der Waals surface area contributed by atoms with E-state index in [4.69, 9.17) is 11.6 Å². The van der Waals surface area contributed by atoms with Gasteiger partial charge in [-0.3, -0.25) is 4.72 Å². The van der Waals surface area contributed by atoms with Crippen LogP contribution in [0.15, 0.2) is 41.4 Å². The number of hydrogen-bond acceptors (Lipinski definition) is 4. The average molecular weight is 354 g/mol. The van der Waals surface area contributed by atoms with Gasteiger partial charge in [-0.25, -0.2) is 13.4 Å². The summed E-state index contributed by atoms with van der Waals surface area (Å²) in [7, 11) is -3.66. The first-order valence-electron chi connectivity index (χ1n) is 7.41. The maximum Gasteiger partial charge on any atom is 0.261 e. The van der Waals surface area contributed by atoms with Gasteiger partial charge in [0, 0.05) is 11.6 Å². The Morgan fingerprint density at radius 3 is 2.61 bits per heavy atom. The number of nitrogens with zero attached hydrogens (tertiary/aromatic N) is 1. The number of rotatable bonds is 7. The van der Waals surface area contributed by atoms with Crippen LogP contribution >= 0.6 is 11.6 Å². The van der Waals surface area contributed by atoms with Gasteiger partial charge in [0.2, 0.25) is 0 Å². The molecule has 0 aliphatic heterocycles. The van der Waals surface area contributed by atoms with Crippen LogP contribution in [-0.2, 0) is 10.0 Å². The monoisotopic (exact) mass is 353 g/mol. The minimum atomic E-state index is -3.66. The maximum atomic E-state index is 12.4. The maximum absolute atomic E-state index is 12.4. The van der Waals surface area contributed by atoms with Gasteiger partial charge in [0.1, 0.15) is 5.82 Å². The Hall–Kier alpha value is -1.79. The summed E-state index contributed by atoms with van der Waals surface area (Å²) < 4.78 is 27.2. The summed E-state index contributed by atoms with van der Waals surface area (Å²) >= 11 is 5.93. The molecule has 0 radical (unpaired) electrons. The molecule has 1 heterocycles. The van der Waals surface area contributed by atoms with Crippen LogP contribution in [0.4, 0.5) is 11.5 Å². The third kappa shape index (κ3) is 4.84. The van der Waals surface area contributed by atoms with Gasteiger partial charge in [0.25, 0.3) is 10.0 Å². The number of aromatic nitrogens is 1. The number of unbranched alkanes of at least 4 members (excludes halogenated alkanes) is 1. The molecule has 0 aliphatic carbocycles. The Balaban J connectivity index is 2.09. The fourth-order valence-corrected chi connectivity index (χ4v) is 3.20. The minimum absolute atomic E-state index is 0.171. The molecule has 2 rings (SSSR count). The van der Waals surface area contributed by atoms with Crippen LogP contribution in [0, 0.1) is 6.92 Å². The van der Waals surface area contributed by atoms with Crippen molar-refractivity contribution in [1.82, 2.24) is 4.98 Å². The summed E-state index contributed by atoms with van der Waals surface area (Å²) in [5.41, 5.74) is 1.13. The highest BCUT2D eigenvalue weighted by molar-refractivity contribution is 7.92. The molecule has 0 fully saturated rings. The summed E-state index contributed by atoms with van der Waals surface area (Å²) in [5, 5.41) is 3.71. The van der Waals surface area contributed by atoms with Crippen molar-refractivity contribution in [2.45, 2.75) is 31.6 Å². The highest BCUT2D eigenvalue weighted by Crippen LogP contribution is 2.21. The zero-order valence-electron chi connectivity index (χ0n) is 13.1. The van der Waals surface area contributed by atoms with Crippen molar-refractivity contribution < 1.29 is 8.42 Å². The van der Waals surface area contributed by atoms with Gasteiger partial charge in [0.15, 0.2) is 0 Å². The lowest BCUT2D eigenvalue weighted by atomic mass is 10.2. The summed E-state index contributed by atoms with van der Waals surface area (Å²) in [6.45, 7) is 4.73. The molecule has 0 aliphatic rings. The lowest BCUT2D eigenvalue weighted by Crippen LogP contribution is -2.13. The lowest BCUT2D eigenvalue weighted by Gasteiger charge is -2.10. The highest BCUT2D eigenvalue weighted by atomic mass is 35.5. The Kier molecular flexibility index (Phi) is 5.85. The standard InChI is InChI=1S/C16H20ClN3O2S/c1-3-4-9-18-16-8-5-13(11-19-16)20-23(21,22)14-6-7-15(17)12(2)10-14/h5-8,10-11,20H,3-4,9H2,1-2H3,(H,18,19). The SMILES string of the molecule is CCCCNc1ccc(NS(=O)(=O)c2ccc(Cl)c(C)c2)cn1. The van der Waals surface area contributed by atoms with Gasteiger partial charge in [-0.2, -0.15) is 0 Å². The number of halogens is 1. The van der Waals surface area contributed by atoms with Crippen LogP contribution in [0.5, 0.6) is 0 Å². The number of benzene rings is 1. The number of anilines is 2. The van der Waals surface area contributed by atoms with E-state index in [1.54, 1.807) is 31.2 Å². The van der Waals surface area contributed by atoms with E-state index in [1.165, 1.54) is 12.3 Å². The van der Waals surface area contributed by atoms with Crippen molar-refractivity contribution >= 4 is 33.1 Å². The summed E-state index contributed by atoms with van der Waals surface area (Å²) in [4.78, 5) is 4.37. The fraction of sp³-hybridized carbons (Fsp3) is 0.312. The molecule has 0 saturated carbocycles. The first-order chi connectivity index (χ1) is 10.9. The van der Waals surface area contributed by atoms with Crippen molar-refractivity contribution in [2.24, 2.45) is 0 Å². The van der Waals surface area contributed by atoms with Crippen LogP contribution in [0.25, 0.3) is 0 Å². The van der Waals surface area contributed by atoms with E-state index in [0.717, 1.165) is 25.2 Å². The van der Waals surface area contributed by atoms with Crippen LogP contribution in [0.3, 0.4) is 0 Å². The highest BCUT2D eigenvalue weighted by Gasteiger charge is 2.15. The first-order valence-corrected chi connectivity index (χ1v) is 9.27. The molecule has 5 nitrogen and oxygen atoms in total. The molecule has 0 unspecified atom stereocenters. The van der Waals surface area contributed by atoms with Gasteiger partial charge >= 0.3 is 0 Å². The van der Waals surface area contributed by atoms with Gasteiger partial charge in [0.05, 0.1) is 16.8 Å². The Labute approximate surface area is 142 Å². The number of hydrogen-bond donors (Lipinski definition) is 2. The molecule has 0 bridgehead atoms. The molecule has 0 atom stereocenters. The van der Waals surface area contributed by atoms with Gasteiger partial charge in [-0.1, -0.05) is 24.9 Å². The summed E-state index contributed by atoms with van der Waals surface area (Å²) in [6.07, 6.45) is 3.66. The zero-order chi connectivity index (χ0) is 16.9. The van der Waals surface area contributed by atoms with Crippen LogP contribution in [0.2, 0.25) is 5.02 Å². The zero-order valence-corrected chi connectivity index (χ0v) is 14.7. The van der Waals surface area contributed by atoms with E-state index in [9.17, 15) is 8.42 Å². The topological polar surface area (TPSA) is 71.1 Å². The molecule has 2 N–H and O–H groups in total. The third-order valence-electron chi connectivity index (χ3n) is 3.29. The first kappa shape index (κ1) is 17.6. The van der Waals surface area contributed by atoms with Crippen LogP contribution in [0.1, 0.15) is 25.3 Å². The van der Waals surface area contributed by atoms with E-state index in [1.807, 2.05) is 0 Å². The molecule has 124 valence electrons. The van der Waals surface area contributed by atoms with Crippen LogP contribution in [-0.4, -0.2) is 19.9 Å². The molecule has 7 heteroatoms. The molecule has 0 amide bonds. The van der Waals surface area contributed by atoms with Crippen molar-refractivity contribution in [1.29, 1.82) is 0 Å². The quantitative estimate of drug-likeness (QED) is 0.736. The second kappa shape index (κ2) is 7.66. The van der Waals surface area contributed by atoms with E-state index < -0.39 is 10.0 Å². The predicted molar refractivity (Wildman–Crippen MR) is 94.6 cm³/mol. The van der Waals surface area contributed by atoms with Gasteiger partial charge in [-0.15, -0.1) is 0 Å². The summed E-state index contributed by atoms with van der Waals surface area (Å²) in [5.74, 6) is 0.726. The molecule has 1 aromatic carbocycles. The number of nitrogens with one attached hydrogen (secondary N) is 2. The van der Waals surface area contributed by atoms with E-state index in [-0.39, 0.29) is 4.90 Å². The van der Waals surface area contributed by atoms with Gasteiger partial charge < -0.3 is 5.32 Å². The van der Waals surface area contributed by atoms with Gasteiger partial charge in [-0.05, 0) is 49.2 Å². The molecular weight excluding hydrogens is 334 g/mol. The van der Waals surface area contributed by atoms with Crippen molar-refractivity contribution in [2.75, 3.05) is 16.6 Å². The van der Waals surface area contributed by atoms with Crippen LogP contribution < -0.4 is 10.0 Å². The normalized spacial score (nSPS) is 11.3. The van der Waals surface area contributed by atoms with E-state index in [0.29, 0.717) is 16.3 Å². The Morgan fingerprint density at radius 2 is 2.00 bits per heavy atom. The number of aryl methyl sites for hydroxylation is 1. The number of sulfonamides is 1. The third-order valence-corrected chi connectivity index (χ3v) is 5.09. The van der Waals surface area contributed by atoms with Crippen molar-refractivity contribution in [3.8, 4) is 0 Å². The molecule has 1 aromatic heterocycles. The lowest BCUT2D eigenvalue weighted by molar-refractivity contribution is 0.601. The molecule has 0 spiro atoms. The fourth-order valence-electron chi connectivity index (χ4n) is 1.95. The molecule has 2 aromatic rings. The largest absolute Gasteiger partial charge is 0.370 e. The van der Waals surface area contributed by atoms with E-state index >= 15 is 0 Å². The second-order valence-corrected chi connectivity index (χ2v) is 7.32. The van der Waals surface area contributed by atoms with Crippen molar-refractivity contribution in [3.05, 3.63) is 47.1 Å².